The average Bonchev–Trinajstić information content (AvgIpc) is 3.08. The van der Waals surface area contributed by atoms with Crippen molar-refractivity contribution in [2.45, 2.75) is 38.3 Å². The van der Waals surface area contributed by atoms with Gasteiger partial charge in [-0.05, 0) is 78.1 Å². The van der Waals surface area contributed by atoms with Crippen molar-refractivity contribution in [2.75, 3.05) is 13.2 Å². The summed E-state index contributed by atoms with van der Waals surface area (Å²) in [6.07, 6.45) is 0.925. The highest BCUT2D eigenvalue weighted by molar-refractivity contribution is 14.1. The van der Waals surface area contributed by atoms with Gasteiger partial charge in [-0.25, -0.2) is 0 Å². The predicted molar refractivity (Wildman–Crippen MR) is 117 cm³/mol. The number of ether oxygens (including phenoxy) is 2. The van der Waals surface area contributed by atoms with Crippen LogP contribution in [0.2, 0.25) is 24.7 Å². The van der Waals surface area contributed by atoms with E-state index in [1.807, 2.05) is 24.3 Å². The third-order valence-electron chi connectivity index (χ3n) is 4.09. The van der Waals surface area contributed by atoms with Crippen LogP contribution < -0.4 is 4.74 Å². The van der Waals surface area contributed by atoms with Crippen molar-refractivity contribution >= 4 is 42.5 Å². The van der Waals surface area contributed by atoms with Gasteiger partial charge in [0.1, 0.15) is 11.9 Å². The molecule has 0 N–H and O–H groups in total. The maximum absolute atomic E-state index is 6.51. The molecule has 6 heteroatoms. The zero-order chi connectivity index (χ0) is 18.7. The van der Waals surface area contributed by atoms with E-state index in [-0.39, 0.29) is 12.2 Å². The fourth-order valence-corrected chi connectivity index (χ4v) is 4.60. The van der Waals surface area contributed by atoms with Crippen LogP contribution in [0.5, 0.6) is 5.75 Å². The molecule has 3 rings (SSSR count). The Morgan fingerprint density at radius 1 is 1.15 bits per heavy atom. The molecule has 1 saturated heterocycles. The predicted octanol–water partition coefficient (Wildman–Crippen LogP) is 6.05. The smallest absolute Gasteiger partial charge is 0.185 e. The third kappa shape index (κ3) is 5.45. The Morgan fingerprint density at radius 3 is 2.50 bits per heavy atom. The van der Waals surface area contributed by atoms with Crippen molar-refractivity contribution in [2.24, 2.45) is 0 Å². The summed E-state index contributed by atoms with van der Waals surface area (Å²) in [7, 11) is -1.78. The lowest BCUT2D eigenvalue weighted by Crippen LogP contribution is -2.28. The molecule has 0 aliphatic carbocycles. The van der Waals surface area contributed by atoms with Gasteiger partial charge in [0.2, 0.25) is 0 Å². The van der Waals surface area contributed by atoms with Crippen molar-refractivity contribution in [3.63, 3.8) is 0 Å². The molecule has 1 aliphatic heterocycles. The minimum atomic E-state index is -1.78. The Bertz CT molecular complexity index is 740. The molecule has 1 heterocycles. The number of halogens is 2. The monoisotopic (exact) mass is 502 g/mol. The Hall–Kier alpha value is -0.603. The Morgan fingerprint density at radius 2 is 1.88 bits per heavy atom. The van der Waals surface area contributed by atoms with Crippen LogP contribution in [0.3, 0.4) is 0 Å². The molecule has 0 amide bonds. The maximum atomic E-state index is 6.51. The standard InChI is InChI=1S/C20H24ClIO3Si/c1-26(2,3)25-20(18-12-15(22)6-9-19(18)21)14-4-7-16(8-5-14)24-17-10-11-23-13-17/h4-9,12,17,20H,10-11,13H2,1-3H3/t17-,20?/m0/s1. The second-order valence-corrected chi connectivity index (χ2v) is 13.6. The van der Waals surface area contributed by atoms with Crippen molar-refractivity contribution < 1.29 is 13.9 Å². The van der Waals surface area contributed by atoms with E-state index in [1.54, 1.807) is 0 Å². The first-order valence-electron chi connectivity index (χ1n) is 8.79. The Balaban J connectivity index is 1.87. The van der Waals surface area contributed by atoms with Crippen LogP contribution in [-0.4, -0.2) is 27.6 Å². The van der Waals surface area contributed by atoms with Gasteiger partial charge >= 0.3 is 0 Å². The van der Waals surface area contributed by atoms with Crippen molar-refractivity contribution in [1.29, 1.82) is 0 Å². The number of rotatable bonds is 6. The summed E-state index contributed by atoms with van der Waals surface area (Å²) in [6, 6.07) is 14.2. The zero-order valence-electron chi connectivity index (χ0n) is 15.3. The molecule has 2 aromatic carbocycles. The summed E-state index contributed by atoms with van der Waals surface area (Å²) in [5, 5.41) is 0.733. The van der Waals surface area contributed by atoms with Gasteiger partial charge in [0, 0.05) is 20.6 Å². The second kappa shape index (κ2) is 8.60. The highest BCUT2D eigenvalue weighted by Gasteiger charge is 2.26. The minimum Gasteiger partial charge on any atom is -0.488 e. The van der Waals surface area contributed by atoms with Gasteiger partial charge in [0.05, 0.1) is 19.3 Å². The molecule has 3 nitrogen and oxygen atoms in total. The number of hydrogen-bond acceptors (Lipinski definition) is 3. The van der Waals surface area contributed by atoms with Crippen molar-refractivity contribution in [1.82, 2.24) is 0 Å². The van der Waals surface area contributed by atoms with E-state index < -0.39 is 8.32 Å². The summed E-state index contributed by atoms with van der Waals surface area (Å²) >= 11 is 8.82. The first-order chi connectivity index (χ1) is 12.3. The van der Waals surface area contributed by atoms with Gasteiger partial charge in [-0.2, -0.15) is 0 Å². The Kier molecular flexibility index (Phi) is 6.66. The fraction of sp³-hybridized carbons (Fsp3) is 0.400. The molecule has 0 radical (unpaired) electrons. The van der Waals surface area contributed by atoms with Gasteiger partial charge in [-0.1, -0.05) is 23.7 Å². The molecule has 1 fully saturated rings. The second-order valence-electron chi connectivity index (χ2n) is 7.45. The first-order valence-corrected chi connectivity index (χ1v) is 13.7. The number of benzene rings is 2. The van der Waals surface area contributed by atoms with E-state index in [0.29, 0.717) is 6.61 Å². The van der Waals surface area contributed by atoms with Crippen LogP contribution in [0, 0.1) is 3.57 Å². The van der Waals surface area contributed by atoms with E-state index in [0.717, 1.165) is 38.5 Å². The quantitative estimate of drug-likeness (QED) is 0.355. The molecule has 0 spiro atoms. The zero-order valence-corrected chi connectivity index (χ0v) is 19.2. The molecule has 1 aliphatic rings. The highest BCUT2D eigenvalue weighted by Crippen LogP contribution is 2.35. The molecule has 26 heavy (non-hydrogen) atoms. The minimum absolute atomic E-state index is 0.153. The van der Waals surface area contributed by atoms with E-state index in [9.17, 15) is 0 Å². The fourth-order valence-electron chi connectivity index (χ4n) is 2.90. The van der Waals surface area contributed by atoms with Crippen LogP contribution in [0.25, 0.3) is 0 Å². The van der Waals surface area contributed by atoms with Crippen LogP contribution in [-0.2, 0) is 9.16 Å². The number of hydrogen-bond donors (Lipinski definition) is 0. The first kappa shape index (κ1) is 20.1. The molecule has 0 aromatic heterocycles. The molecule has 0 saturated carbocycles. The topological polar surface area (TPSA) is 27.7 Å². The lowest BCUT2D eigenvalue weighted by molar-refractivity contribution is 0.141. The van der Waals surface area contributed by atoms with Crippen molar-refractivity contribution in [3.8, 4) is 5.75 Å². The van der Waals surface area contributed by atoms with E-state index in [2.05, 4.69) is 60.4 Å². The van der Waals surface area contributed by atoms with Gasteiger partial charge in [0.25, 0.3) is 0 Å². The maximum Gasteiger partial charge on any atom is 0.185 e. The van der Waals surface area contributed by atoms with Gasteiger partial charge in [-0.15, -0.1) is 0 Å². The lowest BCUT2D eigenvalue weighted by Gasteiger charge is -2.28. The highest BCUT2D eigenvalue weighted by atomic mass is 127. The summed E-state index contributed by atoms with van der Waals surface area (Å²) in [6.45, 7) is 8.03. The normalized spacial score (nSPS) is 18.7. The summed E-state index contributed by atoms with van der Waals surface area (Å²) in [4.78, 5) is 0. The van der Waals surface area contributed by atoms with Crippen LogP contribution in [0.4, 0.5) is 0 Å². The van der Waals surface area contributed by atoms with Crippen LogP contribution in [0.1, 0.15) is 23.7 Å². The molecule has 2 atom stereocenters. The molecule has 1 unspecified atom stereocenters. The molecule has 140 valence electrons. The van der Waals surface area contributed by atoms with E-state index in [1.165, 1.54) is 0 Å². The van der Waals surface area contributed by atoms with Gasteiger partial charge in [-0.3, -0.25) is 0 Å². The lowest BCUT2D eigenvalue weighted by atomic mass is 10.0. The van der Waals surface area contributed by atoms with Gasteiger partial charge < -0.3 is 13.9 Å². The van der Waals surface area contributed by atoms with Crippen molar-refractivity contribution in [3.05, 3.63) is 62.2 Å². The largest absolute Gasteiger partial charge is 0.488 e. The van der Waals surface area contributed by atoms with E-state index in [4.69, 9.17) is 25.5 Å². The summed E-state index contributed by atoms with van der Waals surface area (Å²) in [5.41, 5.74) is 2.10. The summed E-state index contributed by atoms with van der Waals surface area (Å²) in [5.74, 6) is 0.866. The molecular formula is C20H24ClIO3Si. The SMILES string of the molecule is C[Si](C)(C)OC(c1ccc(O[C@H]2CCOC2)cc1)c1cc(I)ccc1Cl. The van der Waals surface area contributed by atoms with E-state index >= 15 is 0 Å². The molecule has 2 aromatic rings. The van der Waals surface area contributed by atoms with Crippen LogP contribution >= 0.6 is 34.2 Å². The Labute approximate surface area is 175 Å². The van der Waals surface area contributed by atoms with Gasteiger partial charge in [0.15, 0.2) is 8.32 Å². The molecule has 0 bridgehead atoms. The third-order valence-corrected chi connectivity index (χ3v) is 6.04. The molecular weight excluding hydrogens is 479 g/mol. The average molecular weight is 503 g/mol. The summed E-state index contributed by atoms with van der Waals surface area (Å²) < 4.78 is 19.0. The van der Waals surface area contributed by atoms with Crippen LogP contribution in [0.15, 0.2) is 42.5 Å².